The van der Waals surface area contributed by atoms with Gasteiger partial charge in [-0.3, -0.25) is 4.79 Å². The van der Waals surface area contributed by atoms with Gasteiger partial charge in [-0.25, -0.2) is 0 Å². The Morgan fingerprint density at radius 2 is 2.05 bits per heavy atom. The highest BCUT2D eigenvalue weighted by Crippen LogP contribution is 2.28. The van der Waals surface area contributed by atoms with Crippen molar-refractivity contribution in [1.29, 1.82) is 0 Å². The molecule has 2 rings (SSSR count). The lowest BCUT2D eigenvalue weighted by Gasteiger charge is -2.26. The molecule has 1 heterocycles. The number of nitrogens with zero attached hydrogens (tertiary/aromatic N) is 2. The molecule has 0 aliphatic heterocycles. The summed E-state index contributed by atoms with van der Waals surface area (Å²) in [4.78, 5) is 12.6. The van der Waals surface area contributed by atoms with Crippen LogP contribution >= 0.6 is 23.5 Å². The molecule has 0 radical (unpaired) electrons. The van der Waals surface area contributed by atoms with Crippen molar-refractivity contribution in [1.82, 2.24) is 15.5 Å². The van der Waals surface area contributed by atoms with E-state index < -0.39 is 0 Å². The summed E-state index contributed by atoms with van der Waals surface area (Å²) in [5, 5.41) is 11.5. The average molecular weight is 344 g/mol. The predicted octanol–water partition coefficient (Wildman–Crippen LogP) is 3.50. The second kappa shape index (κ2) is 8.82. The molecule has 22 heavy (non-hydrogen) atoms. The van der Waals surface area contributed by atoms with Crippen LogP contribution in [0.5, 0.6) is 0 Å². The smallest absolute Gasteiger partial charge is 0.277 e. The van der Waals surface area contributed by atoms with E-state index in [4.69, 9.17) is 4.42 Å². The summed E-state index contributed by atoms with van der Waals surface area (Å²) in [6.07, 6.45) is 7.90. The van der Waals surface area contributed by atoms with Crippen LogP contribution < -0.4 is 5.32 Å². The average Bonchev–Trinajstić information content (AvgIpc) is 2.93. The SMILES string of the molecule is CSCc1nnc(SC(C(=O)NC2CCCCC2)C(C)C)o1. The molecule has 1 N–H and O–H groups in total. The summed E-state index contributed by atoms with van der Waals surface area (Å²) in [6, 6.07) is 0.331. The lowest BCUT2D eigenvalue weighted by atomic mass is 9.95. The topological polar surface area (TPSA) is 68.0 Å². The van der Waals surface area contributed by atoms with Gasteiger partial charge < -0.3 is 9.73 Å². The van der Waals surface area contributed by atoms with Crippen molar-refractivity contribution < 1.29 is 9.21 Å². The van der Waals surface area contributed by atoms with Gasteiger partial charge in [0.2, 0.25) is 11.8 Å². The molecule has 0 bridgehead atoms. The van der Waals surface area contributed by atoms with Gasteiger partial charge in [0.15, 0.2) is 0 Å². The molecule has 1 atom stereocenters. The minimum absolute atomic E-state index is 0.0940. The lowest BCUT2D eigenvalue weighted by Crippen LogP contribution is -2.42. The van der Waals surface area contributed by atoms with E-state index in [2.05, 4.69) is 29.4 Å². The third-order valence-corrected chi connectivity index (χ3v) is 5.67. The lowest BCUT2D eigenvalue weighted by molar-refractivity contribution is -0.122. The first kappa shape index (κ1) is 17.7. The van der Waals surface area contributed by atoms with E-state index in [1.54, 1.807) is 11.8 Å². The maximum Gasteiger partial charge on any atom is 0.277 e. The Bertz CT molecular complexity index is 473. The molecule has 1 unspecified atom stereocenters. The second-order valence-corrected chi connectivity index (χ2v) is 7.98. The Kier molecular flexibility index (Phi) is 7.08. The van der Waals surface area contributed by atoms with Crippen molar-refractivity contribution in [2.75, 3.05) is 6.26 Å². The van der Waals surface area contributed by atoms with Gasteiger partial charge in [0.25, 0.3) is 5.22 Å². The number of rotatable bonds is 7. The first-order valence-electron chi connectivity index (χ1n) is 7.88. The number of carbonyl (C=O) groups is 1. The molecule has 0 saturated heterocycles. The fraction of sp³-hybridized carbons (Fsp3) is 0.800. The monoisotopic (exact) mass is 343 g/mol. The van der Waals surface area contributed by atoms with Gasteiger partial charge in [-0.1, -0.05) is 44.9 Å². The van der Waals surface area contributed by atoms with Crippen LogP contribution in [0.1, 0.15) is 51.8 Å². The predicted molar refractivity (Wildman–Crippen MR) is 91.0 cm³/mol. The van der Waals surface area contributed by atoms with E-state index in [0.717, 1.165) is 12.8 Å². The summed E-state index contributed by atoms with van der Waals surface area (Å²) in [5.41, 5.74) is 0. The first-order chi connectivity index (χ1) is 10.6. The Labute approximate surface area is 140 Å². The normalized spacial score (nSPS) is 17.6. The number of hydrogen-bond acceptors (Lipinski definition) is 6. The molecule has 7 heteroatoms. The maximum absolute atomic E-state index is 12.6. The van der Waals surface area contributed by atoms with Crippen LogP contribution in [-0.4, -0.2) is 33.7 Å². The first-order valence-corrected chi connectivity index (χ1v) is 10.2. The quantitative estimate of drug-likeness (QED) is 0.764. The van der Waals surface area contributed by atoms with E-state index in [0.29, 0.717) is 22.9 Å². The van der Waals surface area contributed by atoms with Crippen molar-refractivity contribution in [3.05, 3.63) is 5.89 Å². The minimum Gasteiger partial charge on any atom is -0.415 e. The van der Waals surface area contributed by atoms with Gasteiger partial charge in [0, 0.05) is 6.04 Å². The van der Waals surface area contributed by atoms with E-state index in [1.165, 1.54) is 31.0 Å². The number of aromatic nitrogens is 2. The molecule has 1 amide bonds. The summed E-state index contributed by atoms with van der Waals surface area (Å²) in [7, 11) is 0. The molecule has 1 saturated carbocycles. The molecule has 1 aromatic heterocycles. The van der Waals surface area contributed by atoms with E-state index in [-0.39, 0.29) is 17.1 Å². The molecule has 0 spiro atoms. The molecule has 0 aromatic carbocycles. The standard InChI is InChI=1S/C15H25N3O2S2/c1-10(2)13(14(19)16-11-7-5-4-6-8-11)22-15-18-17-12(20-15)9-21-3/h10-11,13H,4-9H2,1-3H3,(H,16,19). The van der Waals surface area contributed by atoms with Crippen molar-refractivity contribution >= 4 is 29.4 Å². The van der Waals surface area contributed by atoms with Crippen molar-refractivity contribution in [3.8, 4) is 0 Å². The van der Waals surface area contributed by atoms with Crippen LogP contribution in [0.4, 0.5) is 0 Å². The van der Waals surface area contributed by atoms with Crippen LogP contribution in [0.25, 0.3) is 0 Å². The molecule has 5 nitrogen and oxygen atoms in total. The molecular formula is C15H25N3O2S2. The Hall–Kier alpha value is -0.690. The van der Waals surface area contributed by atoms with Crippen LogP contribution in [-0.2, 0) is 10.5 Å². The third-order valence-electron chi connectivity index (χ3n) is 3.76. The molecule has 124 valence electrons. The van der Waals surface area contributed by atoms with Gasteiger partial charge in [-0.15, -0.1) is 10.2 Å². The number of amides is 1. The molecule has 1 aromatic rings. The molecule has 1 aliphatic rings. The Balaban J connectivity index is 1.94. The zero-order valence-corrected chi connectivity index (χ0v) is 15.1. The number of thioether (sulfide) groups is 2. The highest BCUT2D eigenvalue weighted by atomic mass is 32.2. The van der Waals surface area contributed by atoms with Gasteiger partial charge in [0.1, 0.15) is 0 Å². The fourth-order valence-corrected chi connectivity index (χ4v) is 3.86. The third kappa shape index (κ3) is 5.19. The number of nitrogens with one attached hydrogen (secondary N) is 1. The van der Waals surface area contributed by atoms with Gasteiger partial charge in [-0.2, -0.15) is 11.8 Å². The summed E-state index contributed by atoms with van der Waals surface area (Å²) < 4.78 is 5.58. The summed E-state index contributed by atoms with van der Waals surface area (Å²) in [6.45, 7) is 4.11. The minimum atomic E-state index is -0.190. The van der Waals surface area contributed by atoms with Crippen LogP contribution in [0.2, 0.25) is 0 Å². The zero-order valence-electron chi connectivity index (χ0n) is 13.5. The maximum atomic E-state index is 12.6. The number of carbonyl (C=O) groups excluding carboxylic acids is 1. The van der Waals surface area contributed by atoms with Crippen molar-refractivity contribution in [2.24, 2.45) is 5.92 Å². The van der Waals surface area contributed by atoms with Crippen molar-refractivity contribution in [3.63, 3.8) is 0 Å². The van der Waals surface area contributed by atoms with Gasteiger partial charge >= 0.3 is 0 Å². The summed E-state index contributed by atoms with van der Waals surface area (Å²) >= 11 is 3.02. The Morgan fingerprint density at radius 3 is 2.68 bits per heavy atom. The Morgan fingerprint density at radius 1 is 1.32 bits per heavy atom. The highest BCUT2D eigenvalue weighted by Gasteiger charge is 2.28. The van der Waals surface area contributed by atoms with E-state index >= 15 is 0 Å². The van der Waals surface area contributed by atoms with Gasteiger partial charge in [0.05, 0.1) is 11.0 Å². The number of hydrogen-bond donors (Lipinski definition) is 1. The van der Waals surface area contributed by atoms with Crippen LogP contribution in [0.3, 0.4) is 0 Å². The second-order valence-electron chi connectivity index (χ2n) is 6.02. The fourth-order valence-electron chi connectivity index (χ4n) is 2.60. The molecular weight excluding hydrogens is 318 g/mol. The van der Waals surface area contributed by atoms with Crippen LogP contribution in [0.15, 0.2) is 9.64 Å². The molecule has 1 fully saturated rings. The van der Waals surface area contributed by atoms with Crippen molar-refractivity contribution in [2.45, 2.75) is 68.2 Å². The summed E-state index contributed by atoms with van der Waals surface area (Å²) in [5.74, 6) is 1.62. The van der Waals surface area contributed by atoms with Crippen LogP contribution in [0, 0.1) is 5.92 Å². The highest BCUT2D eigenvalue weighted by molar-refractivity contribution is 8.00. The largest absolute Gasteiger partial charge is 0.415 e. The van der Waals surface area contributed by atoms with Gasteiger partial charge in [-0.05, 0) is 25.0 Å². The molecule has 1 aliphatic carbocycles. The van der Waals surface area contributed by atoms with E-state index in [9.17, 15) is 4.79 Å². The zero-order chi connectivity index (χ0) is 15.9. The van der Waals surface area contributed by atoms with E-state index in [1.807, 2.05) is 6.26 Å².